The highest BCUT2D eigenvalue weighted by molar-refractivity contribution is 6.08. The molecule has 0 fully saturated rings. The van der Waals surface area contributed by atoms with Gasteiger partial charge in [0.2, 0.25) is 5.91 Å². The van der Waals surface area contributed by atoms with Gasteiger partial charge < -0.3 is 14.5 Å². The normalized spacial score (nSPS) is 10.9. The standard InChI is InChI=1S/C26H25N3O3/c1-28(2)25(30)16-29(3)26(31)22-15-24(27-23-8-6-5-7-21(22)23)19-10-9-18-14-20(32-4)12-11-17(18)13-19/h5-15H,16H2,1-4H3. The number of carbonyl (C=O) groups is 2. The van der Waals surface area contributed by atoms with Crippen molar-refractivity contribution in [3.63, 3.8) is 0 Å². The Morgan fingerprint density at radius 1 is 0.906 bits per heavy atom. The monoisotopic (exact) mass is 427 g/mol. The number of carbonyl (C=O) groups excluding carboxylic acids is 2. The molecule has 0 aliphatic heterocycles. The third-order valence-electron chi connectivity index (χ3n) is 5.51. The van der Waals surface area contributed by atoms with E-state index >= 15 is 0 Å². The molecule has 4 aromatic rings. The van der Waals surface area contributed by atoms with Crippen molar-refractivity contribution in [2.45, 2.75) is 0 Å². The largest absolute Gasteiger partial charge is 0.497 e. The van der Waals surface area contributed by atoms with Gasteiger partial charge in [0.05, 0.1) is 30.4 Å². The van der Waals surface area contributed by atoms with Crippen LogP contribution in [0.4, 0.5) is 0 Å². The molecule has 3 aromatic carbocycles. The van der Waals surface area contributed by atoms with Crippen molar-refractivity contribution < 1.29 is 14.3 Å². The fourth-order valence-corrected chi connectivity index (χ4v) is 3.63. The second kappa shape index (κ2) is 8.67. The van der Waals surface area contributed by atoms with E-state index < -0.39 is 0 Å². The molecule has 4 rings (SSSR count). The van der Waals surface area contributed by atoms with Crippen molar-refractivity contribution in [1.82, 2.24) is 14.8 Å². The van der Waals surface area contributed by atoms with Gasteiger partial charge in [-0.1, -0.05) is 36.4 Å². The molecule has 0 bridgehead atoms. The maximum atomic E-state index is 13.3. The topological polar surface area (TPSA) is 62.7 Å². The maximum absolute atomic E-state index is 13.3. The zero-order chi connectivity index (χ0) is 22.8. The Hall–Kier alpha value is -3.93. The second-order valence-electron chi connectivity index (χ2n) is 7.95. The molecule has 1 heterocycles. The third-order valence-corrected chi connectivity index (χ3v) is 5.51. The fourth-order valence-electron chi connectivity index (χ4n) is 3.63. The number of pyridine rings is 1. The first-order valence-electron chi connectivity index (χ1n) is 10.3. The summed E-state index contributed by atoms with van der Waals surface area (Å²) in [5.74, 6) is 0.451. The van der Waals surface area contributed by atoms with Gasteiger partial charge in [-0.15, -0.1) is 0 Å². The highest BCUT2D eigenvalue weighted by Crippen LogP contribution is 2.29. The molecule has 0 atom stereocenters. The van der Waals surface area contributed by atoms with E-state index in [4.69, 9.17) is 9.72 Å². The van der Waals surface area contributed by atoms with Gasteiger partial charge >= 0.3 is 0 Å². The van der Waals surface area contributed by atoms with Gasteiger partial charge in [0.1, 0.15) is 5.75 Å². The summed E-state index contributed by atoms with van der Waals surface area (Å²) in [4.78, 5) is 33.1. The van der Waals surface area contributed by atoms with E-state index in [-0.39, 0.29) is 18.4 Å². The molecular formula is C26H25N3O3. The molecule has 1 aromatic heterocycles. The van der Waals surface area contributed by atoms with E-state index in [1.807, 2.05) is 60.7 Å². The van der Waals surface area contributed by atoms with Gasteiger partial charge in [-0.25, -0.2) is 4.98 Å². The molecule has 0 saturated carbocycles. The number of likely N-dealkylation sites (N-methyl/N-ethyl adjacent to an activating group) is 2. The minimum absolute atomic E-state index is 0.00955. The molecule has 0 spiro atoms. The van der Waals surface area contributed by atoms with Crippen molar-refractivity contribution in [1.29, 1.82) is 0 Å². The van der Waals surface area contributed by atoms with Crippen LogP contribution in [-0.4, -0.2) is 61.4 Å². The lowest BCUT2D eigenvalue weighted by Crippen LogP contribution is -2.37. The number of hydrogen-bond donors (Lipinski definition) is 0. The van der Waals surface area contributed by atoms with Crippen LogP contribution in [-0.2, 0) is 4.79 Å². The summed E-state index contributed by atoms with van der Waals surface area (Å²) >= 11 is 0. The smallest absolute Gasteiger partial charge is 0.254 e. The number of rotatable bonds is 5. The first-order chi connectivity index (χ1) is 15.4. The van der Waals surface area contributed by atoms with Crippen LogP contribution in [0.2, 0.25) is 0 Å². The molecule has 162 valence electrons. The Balaban J connectivity index is 1.79. The maximum Gasteiger partial charge on any atom is 0.254 e. The summed E-state index contributed by atoms with van der Waals surface area (Å²) in [6.45, 7) is 0.00955. The first kappa shape index (κ1) is 21.3. The first-order valence-corrected chi connectivity index (χ1v) is 10.3. The number of methoxy groups -OCH3 is 1. The molecular weight excluding hydrogens is 402 g/mol. The van der Waals surface area contributed by atoms with Crippen molar-refractivity contribution in [2.75, 3.05) is 34.8 Å². The van der Waals surface area contributed by atoms with Crippen LogP contribution in [0.25, 0.3) is 32.9 Å². The lowest BCUT2D eigenvalue weighted by atomic mass is 10.0. The van der Waals surface area contributed by atoms with Crippen molar-refractivity contribution in [3.8, 4) is 17.0 Å². The zero-order valence-electron chi connectivity index (χ0n) is 18.6. The van der Waals surface area contributed by atoms with Crippen molar-refractivity contribution in [2.24, 2.45) is 0 Å². The van der Waals surface area contributed by atoms with Crippen molar-refractivity contribution in [3.05, 3.63) is 72.3 Å². The molecule has 0 aliphatic carbocycles. The minimum Gasteiger partial charge on any atom is -0.497 e. The van der Waals surface area contributed by atoms with Gasteiger partial charge in [-0.05, 0) is 41.1 Å². The van der Waals surface area contributed by atoms with Crippen molar-refractivity contribution >= 4 is 33.5 Å². The van der Waals surface area contributed by atoms with Crippen LogP contribution in [0.1, 0.15) is 10.4 Å². The Labute approximate surface area is 187 Å². The summed E-state index contributed by atoms with van der Waals surface area (Å²) in [5, 5.41) is 2.88. The number of benzene rings is 3. The number of ether oxygens (including phenoxy) is 1. The number of aromatic nitrogens is 1. The Morgan fingerprint density at radius 2 is 1.62 bits per heavy atom. The molecule has 6 heteroatoms. The van der Waals surface area contributed by atoms with Crippen LogP contribution in [0.15, 0.2) is 66.7 Å². The fraction of sp³-hybridized carbons (Fsp3) is 0.192. The molecule has 0 aliphatic rings. The molecule has 32 heavy (non-hydrogen) atoms. The summed E-state index contributed by atoms with van der Waals surface area (Å²) < 4.78 is 5.31. The van der Waals surface area contributed by atoms with Gasteiger partial charge in [-0.3, -0.25) is 9.59 Å². The Morgan fingerprint density at radius 3 is 2.38 bits per heavy atom. The van der Waals surface area contributed by atoms with E-state index in [9.17, 15) is 9.59 Å². The number of para-hydroxylation sites is 1. The van der Waals surface area contributed by atoms with Crippen LogP contribution >= 0.6 is 0 Å². The molecule has 0 N–H and O–H groups in total. The summed E-state index contributed by atoms with van der Waals surface area (Å²) in [6.07, 6.45) is 0. The van der Waals surface area contributed by atoms with Gasteiger partial charge in [-0.2, -0.15) is 0 Å². The average Bonchev–Trinajstić information content (AvgIpc) is 2.81. The summed E-state index contributed by atoms with van der Waals surface area (Å²) in [7, 11) is 6.64. The predicted molar refractivity (Wildman–Crippen MR) is 127 cm³/mol. The Kier molecular flexibility index (Phi) is 5.77. The summed E-state index contributed by atoms with van der Waals surface area (Å²) in [6, 6.07) is 21.4. The van der Waals surface area contributed by atoms with Gasteiger partial charge in [0, 0.05) is 32.1 Å². The molecule has 6 nitrogen and oxygen atoms in total. The zero-order valence-corrected chi connectivity index (χ0v) is 18.6. The average molecular weight is 428 g/mol. The number of hydrogen-bond acceptors (Lipinski definition) is 4. The summed E-state index contributed by atoms with van der Waals surface area (Å²) in [5.41, 5.74) is 2.87. The minimum atomic E-state index is -0.217. The second-order valence-corrected chi connectivity index (χ2v) is 7.95. The predicted octanol–water partition coefficient (Wildman–Crippen LogP) is 4.22. The molecule has 0 saturated heterocycles. The van der Waals surface area contributed by atoms with E-state index in [2.05, 4.69) is 6.07 Å². The van der Waals surface area contributed by atoms with Crippen LogP contribution in [0.5, 0.6) is 5.75 Å². The molecule has 2 amide bonds. The SMILES string of the molecule is COc1ccc2cc(-c3cc(C(=O)N(C)CC(=O)N(C)C)c4ccccc4n3)ccc2c1. The van der Waals surface area contributed by atoms with E-state index in [1.165, 1.54) is 9.80 Å². The number of fused-ring (bicyclic) bond motifs is 2. The van der Waals surface area contributed by atoms with E-state index in [1.54, 1.807) is 28.3 Å². The number of amides is 2. The highest BCUT2D eigenvalue weighted by Gasteiger charge is 2.20. The Bertz CT molecular complexity index is 1330. The third kappa shape index (κ3) is 4.12. The van der Waals surface area contributed by atoms with Crippen LogP contribution in [0, 0.1) is 0 Å². The lowest BCUT2D eigenvalue weighted by Gasteiger charge is -2.20. The highest BCUT2D eigenvalue weighted by atomic mass is 16.5. The van der Waals surface area contributed by atoms with Crippen LogP contribution in [0.3, 0.4) is 0 Å². The van der Waals surface area contributed by atoms with Gasteiger partial charge in [0.25, 0.3) is 5.91 Å². The van der Waals surface area contributed by atoms with Gasteiger partial charge in [0.15, 0.2) is 0 Å². The number of nitrogens with zero attached hydrogens (tertiary/aromatic N) is 3. The van der Waals surface area contributed by atoms with E-state index in [0.717, 1.165) is 33.0 Å². The van der Waals surface area contributed by atoms with E-state index in [0.29, 0.717) is 11.3 Å². The van der Waals surface area contributed by atoms with Crippen LogP contribution < -0.4 is 4.74 Å². The quantitative estimate of drug-likeness (QED) is 0.478. The molecule has 0 unspecified atom stereocenters. The molecule has 0 radical (unpaired) electrons. The lowest BCUT2D eigenvalue weighted by molar-refractivity contribution is -0.129.